The van der Waals surface area contributed by atoms with E-state index in [2.05, 4.69) is 6.92 Å². The van der Waals surface area contributed by atoms with Crippen LogP contribution in [0.1, 0.15) is 49.7 Å². The van der Waals surface area contributed by atoms with Gasteiger partial charge in [0.25, 0.3) is 0 Å². The zero-order valence-corrected chi connectivity index (χ0v) is 23.4. The summed E-state index contributed by atoms with van der Waals surface area (Å²) in [6, 6.07) is 12.9. The lowest BCUT2D eigenvalue weighted by atomic mass is 9.68. The molecule has 0 bridgehead atoms. The average molecular weight is 595 g/mol. The van der Waals surface area contributed by atoms with Crippen LogP contribution in [0, 0.1) is 0 Å². The van der Waals surface area contributed by atoms with Crippen molar-refractivity contribution in [1.82, 2.24) is 0 Å². The molecular weight excluding hydrogens is 559 g/mol. The normalized spacial score (nSPS) is 19.7. The van der Waals surface area contributed by atoms with E-state index < -0.39 is 18.5 Å². The van der Waals surface area contributed by atoms with Gasteiger partial charge in [0.15, 0.2) is 0 Å². The molecule has 2 N–H and O–H groups in total. The second kappa shape index (κ2) is 14.3. The monoisotopic (exact) mass is 594 g/mol. The van der Waals surface area contributed by atoms with E-state index in [0.717, 1.165) is 29.1 Å². The molecule has 39 heavy (non-hydrogen) atoms. The first-order chi connectivity index (χ1) is 18.4. The molecule has 0 saturated carbocycles. The number of fused-ring (bicyclic) bond motifs is 1. The number of rotatable bonds is 15. The van der Waals surface area contributed by atoms with Gasteiger partial charge in [0.05, 0.1) is 19.8 Å². The topological polar surface area (TPSA) is 58.9 Å². The van der Waals surface area contributed by atoms with E-state index in [1.54, 1.807) is 30.0 Å². The first kappa shape index (κ1) is 31.8. The van der Waals surface area contributed by atoms with E-state index >= 15 is 0 Å². The molecule has 11 heteroatoms. The van der Waals surface area contributed by atoms with Gasteiger partial charge in [-0.1, -0.05) is 25.1 Å². The Morgan fingerprint density at radius 1 is 0.897 bits per heavy atom. The Kier molecular flexibility index (Phi) is 11.7. The number of phenolic OH excluding ortho intramolecular Hbond substituents is 2. The molecule has 0 fully saturated rings. The van der Waals surface area contributed by atoms with Crippen LogP contribution >= 0.6 is 23.5 Å². The quantitative estimate of drug-likeness (QED) is 0.162. The van der Waals surface area contributed by atoms with Crippen molar-refractivity contribution in [3.63, 3.8) is 0 Å². The number of alkyl halides is 5. The number of benzene rings is 2. The second-order valence-electron chi connectivity index (χ2n) is 9.81. The van der Waals surface area contributed by atoms with Crippen LogP contribution in [0.5, 0.6) is 11.5 Å². The van der Waals surface area contributed by atoms with Gasteiger partial charge in [-0.25, -0.2) is 0 Å². The maximum Gasteiger partial charge on any atom is 0.453 e. The van der Waals surface area contributed by atoms with E-state index in [9.17, 15) is 32.2 Å². The summed E-state index contributed by atoms with van der Waals surface area (Å²) in [5, 5.41) is 19.7. The molecule has 1 aliphatic rings. The Balaban J connectivity index is 1.36. The summed E-state index contributed by atoms with van der Waals surface area (Å²) >= 11 is 3.01. The van der Waals surface area contributed by atoms with E-state index in [-0.39, 0.29) is 35.0 Å². The predicted molar refractivity (Wildman–Crippen MR) is 145 cm³/mol. The fraction of sp³-hybridized carbons (Fsp3) is 0.571. The Hall–Kier alpha value is -1.69. The van der Waals surface area contributed by atoms with Gasteiger partial charge < -0.3 is 19.7 Å². The highest BCUT2D eigenvalue weighted by molar-refractivity contribution is 7.99. The molecule has 2 aromatic carbocycles. The van der Waals surface area contributed by atoms with Gasteiger partial charge in [-0.05, 0) is 66.3 Å². The average Bonchev–Trinajstić information content (AvgIpc) is 2.87. The van der Waals surface area contributed by atoms with E-state index in [4.69, 9.17) is 9.47 Å². The third-order valence-electron chi connectivity index (χ3n) is 6.92. The highest BCUT2D eigenvalue weighted by Crippen LogP contribution is 2.52. The molecular formula is C28H35F5O4S2. The summed E-state index contributed by atoms with van der Waals surface area (Å²) in [6.45, 7) is 3.94. The predicted octanol–water partition coefficient (Wildman–Crippen LogP) is 7.77. The van der Waals surface area contributed by atoms with Crippen LogP contribution in [0.25, 0.3) is 0 Å². The maximum atomic E-state index is 12.9. The Bertz CT molecular complexity index is 1040. The van der Waals surface area contributed by atoms with Crippen molar-refractivity contribution in [1.29, 1.82) is 0 Å². The zero-order valence-electron chi connectivity index (χ0n) is 21.8. The van der Waals surface area contributed by atoms with Gasteiger partial charge in [-0.2, -0.15) is 33.7 Å². The number of thioether (sulfide) groups is 2. The summed E-state index contributed by atoms with van der Waals surface area (Å²) in [5.41, 5.74) is 2.19. The number of ether oxygens (including phenoxy) is 2. The van der Waals surface area contributed by atoms with Gasteiger partial charge in [0.1, 0.15) is 11.5 Å². The largest absolute Gasteiger partial charge is 0.508 e. The highest BCUT2D eigenvalue weighted by atomic mass is 32.2. The SMILES string of the molecule is C[C@]1(c2ccc(O)cc2)CSc2cc(O)ccc2C1CCCOCCOCCSCCCC(F)(F)C(F)(F)F. The van der Waals surface area contributed by atoms with Crippen LogP contribution in [0.2, 0.25) is 0 Å². The summed E-state index contributed by atoms with van der Waals surface area (Å²) < 4.78 is 73.3. The van der Waals surface area contributed by atoms with Crippen LogP contribution in [0.4, 0.5) is 22.0 Å². The Morgan fingerprint density at radius 3 is 2.26 bits per heavy atom. The molecule has 1 unspecified atom stereocenters. The maximum absolute atomic E-state index is 12.9. The first-order valence-electron chi connectivity index (χ1n) is 12.9. The van der Waals surface area contributed by atoms with E-state index in [1.165, 1.54) is 17.3 Å². The van der Waals surface area contributed by atoms with Crippen molar-refractivity contribution < 1.29 is 41.6 Å². The minimum atomic E-state index is -5.49. The standard InChI is InChI=1S/C28H35F5O4S2/c1-26(20-5-7-21(34)8-6-20)19-39-25-18-22(35)9-10-23(25)24(26)4-2-12-36-13-14-37-15-17-38-16-3-11-27(29,30)28(31,32)33/h5-10,18,24,34-35H,2-4,11-17,19H2,1H3/t24?,26-/m1/s1. The third-order valence-corrected chi connectivity index (χ3v) is 9.36. The van der Waals surface area contributed by atoms with Gasteiger partial charge in [-0.3, -0.25) is 0 Å². The molecule has 0 amide bonds. The lowest BCUT2D eigenvalue weighted by Crippen LogP contribution is -2.36. The number of aromatic hydroxyl groups is 2. The lowest BCUT2D eigenvalue weighted by molar-refractivity contribution is -0.284. The van der Waals surface area contributed by atoms with Crippen LogP contribution in [0.15, 0.2) is 47.4 Å². The summed E-state index contributed by atoms with van der Waals surface area (Å²) in [5.74, 6) is -2.37. The van der Waals surface area contributed by atoms with Crippen molar-refractivity contribution in [2.45, 2.75) is 60.9 Å². The lowest BCUT2D eigenvalue weighted by Gasteiger charge is -2.43. The number of hydrogen-bond donors (Lipinski definition) is 2. The molecule has 1 aliphatic heterocycles. The van der Waals surface area contributed by atoms with Crippen molar-refractivity contribution in [3.05, 3.63) is 53.6 Å². The highest BCUT2D eigenvalue weighted by Gasteiger charge is 2.56. The summed E-state index contributed by atoms with van der Waals surface area (Å²) in [6.07, 6.45) is -5.20. The van der Waals surface area contributed by atoms with Crippen molar-refractivity contribution in [2.24, 2.45) is 0 Å². The number of phenols is 2. The minimum absolute atomic E-state index is 0.161. The minimum Gasteiger partial charge on any atom is -0.508 e. The Labute approximate surface area is 234 Å². The molecule has 0 spiro atoms. The Morgan fingerprint density at radius 2 is 1.56 bits per heavy atom. The van der Waals surface area contributed by atoms with Gasteiger partial charge in [0.2, 0.25) is 0 Å². The summed E-state index contributed by atoms with van der Waals surface area (Å²) in [7, 11) is 0. The van der Waals surface area contributed by atoms with Gasteiger partial charge in [0, 0.05) is 34.8 Å². The molecule has 3 rings (SSSR count). The molecule has 0 aromatic heterocycles. The van der Waals surface area contributed by atoms with Crippen molar-refractivity contribution in [3.8, 4) is 11.5 Å². The fourth-order valence-electron chi connectivity index (χ4n) is 4.68. The molecule has 218 valence electrons. The van der Waals surface area contributed by atoms with Crippen LogP contribution in [0.3, 0.4) is 0 Å². The molecule has 0 radical (unpaired) electrons. The molecule has 0 saturated heterocycles. The summed E-state index contributed by atoms with van der Waals surface area (Å²) in [4.78, 5) is 1.08. The van der Waals surface area contributed by atoms with E-state index in [1.807, 2.05) is 24.3 Å². The zero-order chi connectivity index (χ0) is 28.5. The molecule has 2 aromatic rings. The van der Waals surface area contributed by atoms with Gasteiger partial charge in [-0.15, -0.1) is 11.8 Å². The van der Waals surface area contributed by atoms with Crippen LogP contribution in [-0.2, 0) is 14.9 Å². The second-order valence-corrected chi connectivity index (χ2v) is 12.1. The third kappa shape index (κ3) is 8.90. The van der Waals surface area contributed by atoms with Crippen LogP contribution in [-0.4, -0.2) is 66.0 Å². The van der Waals surface area contributed by atoms with E-state index in [0.29, 0.717) is 32.2 Å². The molecule has 1 heterocycles. The van der Waals surface area contributed by atoms with Crippen molar-refractivity contribution in [2.75, 3.05) is 43.7 Å². The molecule has 0 aliphatic carbocycles. The molecule has 4 nitrogen and oxygen atoms in total. The van der Waals surface area contributed by atoms with Crippen molar-refractivity contribution >= 4 is 23.5 Å². The smallest absolute Gasteiger partial charge is 0.453 e. The number of hydrogen-bond acceptors (Lipinski definition) is 6. The van der Waals surface area contributed by atoms with Crippen LogP contribution < -0.4 is 0 Å². The number of halogens is 5. The van der Waals surface area contributed by atoms with Gasteiger partial charge >= 0.3 is 12.1 Å². The first-order valence-corrected chi connectivity index (χ1v) is 15.0. The molecule has 2 atom stereocenters. The fourth-order valence-corrected chi connectivity index (χ4v) is 6.87.